The van der Waals surface area contributed by atoms with Crippen LogP contribution in [0.4, 0.5) is 0 Å². The van der Waals surface area contributed by atoms with E-state index in [0.717, 1.165) is 19.3 Å². The van der Waals surface area contributed by atoms with Crippen LogP contribution in [0.25, 0.3) is 0 Å². The molecular formula is C16H28O. The van der Waals surface area contributed by atoms with Crippen molar-refractivity contribution in [2.45, 2.75) is 53.9 Å². The molecule has 0 aliphatic rings. The summed E-state index contributed by atoms with van der Waals surface area (Å²) in [5.74, 6) is 0.630. The van der Waals surface area contributed by atoms with Crippen molar-refractivity contribution in [2.75, 3.05) is 6.61 Å². The van der Waals surface area contributed by atoms with Crippen LogP contribution in [-0.2, 0) is 0 Å². The summed E-state index contributed by atoms with van der Waals surface area (Å²) in [5, 5.41) is 8.75. The van der Waals surface area contributed by atoms with Gasteiger partial charge in [-0.1, -0.05) is 41.9 Å². The van der Waals surface area contributed by atoms with Gasteiger partial charge in [-0.2, -0.15) is 0 Å². The third-order valence-corrected chi connectivity index (χ3v) is 2.73. The predicted octanol–water partition coefficient (Wildman–Crippen LogP) is 4.64. The van der Waals surface area contributed by atoms with Crippen LogP contribution < -0.4 is 0 Å². The maximum Gasteiger partial charge on any atom is 0.0614 e. The molecule has 0 amide bonds. The Morgan fingerprint density at radius 3 is 2.24 bits per heavy atom. The Bertz CT molecular complexity index is 291. The fourth-order valence-electron chi connectivity index (χ4n) is 2.02. The van der Waals surface area contributed by atoms with E-state index in [-0.39, 0.29) is 6.61 Å². The first-order valence-corrected chi connectivity index (χ1v) is 6.52. The largest absolute Gasteiger partial charge is 0.392 e. The van der Waals surface area contributed by atoms with Crippen molar-refractivity contribution in [3.63, 3.8) is 0 Å². The first-order valence-electron chi connectivity index (χ1n) is 6.52. The first kappa shape index (κ1) is 16.2. The maximum atomic E-state index is 8.75. The van der Waals surface area contributed by atoms with Gasteiger partial charge in [0, 0.05) is 0 Å². The highest BCUT2D eigenvalue weighted by Gasteiger charge is 1.99. The molecule has 1 heteroatoms. The van der Waals surface area contributed by atoms with Gasteiger partial charge in [0.1, 0.15) is 0 Å². The van der Waals surface area contributed by atoms with Gasteiger partial charge in [-0.25, -0.2) is 0 Å². The van der Waals surface area contributed by atoms with Gasteiger partial charge in [0.25, 0.3) is 0 Å². The number of aliphatic hydroxyl groups is 1. The summed E-state index contributed by atoms with van der Waals surface area (Å²) < 4.78 is 0. The minimum atomic E-state index is 0.159. The molecule has 17 heavy (non-hydrogen) atoms. The summed E-state index contributed by atoms with van der Waals surface area (Å²) in [7, 11) is 0. The van der Waals surface area contributed by atoms with Crippen molar-refractivity contribution in [1.82, 2.24) is 0 Å². The highest BCUT2D eigenvalue weighted by Crippen LogP contribution is 2.15. The molecular weight excluding hydrogens is 208 g/mol. The predicted molar refractivity (Wildman–Crippen MR) is 77.0 cm³/mol. The number of allylic oxidation sites excluding steroid dienone is 5. The standard InChI is InChI=1S/C16H28O/c1-13(2)11-16(5)12-15(4)8-6-7-14(3)9-10-17/h8-9,11,16-17H,6-7,10,12H2,1-5H3/b14-9+,15-8+. The highest BCUT2D eigenvalue weighted by molar-refractivity contribution is 5.07. The van der Waals surface area contributed by atoms with Gasteiger partial charge < -0.3 is 5.11 Å². The normalized spacial score (nSPS) is 14.7. The second-order valence-electron chi connectivity index (χ2n) is 5.25. The molecule has 0 rings (SSSR count). The third kappa shape index (κ3) is 10.1. The van der Waals surface area contributed by atoms with E-state index in [1.54, 1.807) is 0 Å². The summed E-state index contributed by atoms with van der Waals surface area (Å²) in [6, 6.07) is 0. The van der Waals surface area contributed by atoms with Gasteiger partial charge in [-0.05, 0) is 52.9 Å². The van der Waals surface area contributed by atoms with Crippen molar-refractivity contribution in [1.29, 1.82) is 0 Å². The molecule has 0 saturated heterocycles. The van der Waals surface area contributed by atoms with Crippen molar-refractivity contribution in [3.8, 4) is 0 Å². The lowest BCUT2D eigenvalue weighted by Crippen LogP contribution is -1.92. The molecule has 0 aromatic heterocycles. The molecule has 0 radical (unpaired) electrons. The van der Waals surface area contributed by atoms with Gasteiger partial charge in [0.05, 0.1) is 6.61 Å². The average Bonchev–Trinajstić information content (AvgIpc) is 2.16. The summed E-state index contributed by atoms with van der Waals surface area (Å²) in [6.45, 7) is 11.0. The fourth-order valence-corrected chi connectivity index (χ4v) is 2.02. The quantitative estimate of drug-likeness (QED) is 0.638. The van der Waals surface area contributed by atoms with Gasteiger partial charge in [0.15, 0.2) is 0 Å². The topological polar surface area (TPSA) is 20.2 Å². The van der Waals surface area contributed by atoms with Crippen LogP contribution >= 0.6 is 0 Å². The van der Waals surface area contributed by atoms with E-state index >= 15 is 0 Å². The fraction of sp³-hybridized carbons (Fsp3) is 0.625. The SMILES string of the molecule is CC(C)=CC(C)C/C(C)=C/CC/C(C)=C/CO. The Morgan fingerprint density at radius 1 is 1.06 bits per heavy atom. The zero-order chi connectivity index (χ0) is 13.3. The lowest BCUT2D eigenvalue weighted by molar-refractivity contribution is 0.341. The smallest absolute Gasteiger partial charge is 0.0614 e. The van der Waals surface area contributed by atoms with Crippen molar-refractivity contribution < 1.29 is 5.11 Å². The Labute approximate surface area is 107 Å². The Morgan fingerprint density at radius 2 is 1.71 bits per heavy atom. The van der Waals surface area contributed by atoms with E-state index < -0.39 is 0 Å². The van der Waals surface area contributed by atoms with Crippen molar-refractivity contribution in [2.24, 2.45) is 5.92 Å². The molecule has 1 unspecified atom stereocenters. The van der Waals surface area contributed by atoms with Crippen LogP contribution in [-0.4, -0.2) is 11.7 Å². The van der Waals surface area contributed by atoms with Crippen molar-refractivity contribution >= 4 is 0 Å². The van der Waals surface area contributed by atoms with E-state index in [1.165, 1.54) is 16.7 Å². The maximum absolute atomic E-state index is 8.75. The molecule has 1 atom stereocenters. The highest BCUT2D eigenvalue weighted by atomic mass is 16.2. The van der Waals surface area contributed by atoms with Crippen LogP contribution in [0.5, 0.6) is 0 Å². The molecule has 1 nitrogen and oxygen atoms in total. The lowest BCUT2D eigenvalue weighted by Gasteiger charge is -2.08. The second-order valence-corrected chi connectivity index (χ2v) is 5.25. The molecule has 0 bridgehead atoms. The molecule has 0 aliphatic heterocycles. The van der Waals surface area contributed by atoms with E-state index in [0.29, 0.717) is 5.92 Å². The van der Waals surface area contributed by atoms with Gasteiger partial charge in [-0.3, -0.25) is 0 Å². The summed E-state index contributed by atoms with van der Waals surface area (Å²) in [6.07, 6.45) is 9.81. The zero-order valence-corrected chi connectivity index (χ0v) is 12.1. The minimum Gasteiger partial charge on any atom is -0.392 e. The lowest BCUT2D eigenvalue weighted by atomic mass is 9.99. The molecule has 0 fully saturated rings. The Kier molecular flexibility index (Phi) is 8.79. The van der Waals surface area contributed by atoms with Crippen LogP contribution in [0.1, 0.15) is 53.9 Å². The molecule has 0 heterocycles. The molecule has 0 aromatic rings. The molecule has 0 aromatic carbocycles. The van der Waals surface area contributed by atoms with Crippen LogP contribution in [0.3, 0.4) is 0 Å². The first-order chi connectivity index (χ1) is 7.95. The number of hydrogen-bond acceptors (Lipinski definition) is 1. The monoisotopic (exact) mass is 236 g/mol. The van der Waals surface area contributed by atoms with Crippen molar-refractivity contribution in [3.05, 3.63) is 34.9 Å². The summed E-state index contributed by atoms with van der Waals surface area (Å²) >= 11 is 0. The second kappa shape index (κ2) is 9.23. The van der Waals surface area contributed by atoms with Crippen LogP contribution in [0.2, 0.25) is 0 Å². The average molecular weight is 236 g/mol. The molecule has 0 saturated carbocycles. The number of hydrogen-bond donors (Lipinski definition) is 1. The third-order valence-electron chi connectivity index (χ3n) is 2.73. The Hall–Kier alpha value is -0.820. The van der Waals surface area contributed by atoms with Gasteiger partial charge in [-0.15, -0.1) is 0 Å². The number of rotatable bonds is 7. The molecule has 0 spiro atoms. The van der Waals surface area contributed by atoms with Gasteiger partial charge >= 0.3 is 0 Å². The van der Waals surface area contributed by atoms with E-state index in [1.807, 2.05) is 6.08 Å². The van der Waals surface area contributed by atoms with Crippen LogP contribution in [0, 0.1) is 5.92 Å². The molecule has 98 valence electrons. The Balaban J connectivity index is 4.02. The zero-order valence-electron chi connectivity index (χ0n) is 12.1. The minimum absolute atomic E-state index is 0.159. The van der Waals surface area contributed by atoms with Gasteiger partial charge in [0.2, 0.25) is 0 Å². The molecule has 0 aliphatic carbocycles. The van der Waals surface area contributed by atoms with E-state index in [9.17, 15) is 0 Å². The molecule has 1 N–H and O–H groups in total. The summed E-state index contributed by atoms with van der Waals surface area (Å²) in [5.41, 5.74) is 4.13. The summed E-state index contributed by atoms with van der Waals surface area (Å²) in [4.78, 5) is 0. The van der Waals surface area contributed by atoms with E-state index in [4.69, 9.17) is 5.11 Å². The van der Waals surface area contributed by atoms with Crippen LogP contribution in [0.15, 0.2) is 34.9 Å². The number of aliphatic hydroxyl groups excluding tert-OH is 1. The van der Waals surface area contributed by atoms with E-state index in [2.05, 4.69) is 46.8 Å².